The first-order valence-electron chi connectivity index (χ1n) is 11.4. The van der Waals surface area contributed by atoms with Gasteiger partial charge < -0.3 is 9.53 Å². The highest BCUT2D eigenvalue weighted by atomic mass is 28.4. The zero-order chi connectivity index (χ0) is 22.6. The topological polar surface area (TPSA) is 46.5 Å². The number of carbonyl (C=O) groups excluding carboxylic acids is 1. The smallest absolute Gasteiger partial charge is 0.200 e. The molecule has 0 aliphatic rings. The SMILES string of the molecule is CC(C)[Si](O[C@H](C)CC(=O)[C@@H](C)[C@@H](O)c1cccc2ccccc12)(C(C)C)C(C)C. The van der Waals surface area contributed by atoms with E-state index in [4.69, 9.17) is 4.43 Å². The van der Waals surface area contributed by atoms with Crippen LogP contribution < -0.4 is 0 Å². The Hall–Kier alpha value is -1.49. The van der Waals surface area contributed by atoms with E-state index < -0.39 is 20.3 Å². The Labute approximate surface area is 184 Å². The molecule has 1 N–H and O–H groups in total. The highest BCUT2D eigenvalue weighted by Gasteiger charge is 2.46. The average Bonchev–Trinajstić information content (AvgIpc) is 2.69. The summed E-state index contributed by atoms with van der Waals surface area (Å²) in [6.45, 7) is 17.4. The van der Waals surface area contributed by atoms with E-state index >= 15 is 0 Å². The van der Waals surface area contributed by atoms with Gasteiger partial charge in [0.2, 0.25) is 8.32 Å². The predicted molar refractivity (Wildman–Crippen MR) is 129 cm³/mol. The summed E-state index contributed by atoms with van der Waals surface area (Å²) in [5.41, 5.74) is 2.26. The van der Waals surface area contributed by atoms with Crippen LogP contribution in [0.15, 0.2) is 42.5 Å². The number of hydrogen-bond donors (Lipinski definition) is 1. The van der Waals surface area contributed by atoms with Crippen molar-refractivity contribution < 1.29 is 14.3 Å². The van der Waals surface area contributed by atoms with Gasteiger partial charge in [0, 0.05) is 18.4 Å². The number of hydrogen-bond acceptors (Lipinski definition) is 3. The predicted octanol–water partition coefficient (Wildman–Crippen LogP) is 7.05. The fraction of sp³-hybridized carbons (Fsp3) is 0.577. The molecule has 3 atom stereocenters. The van der Waals surface area contributed by atoms with Crippen LogP contribution in [0.1, 0.15) is 73.5 Å². The molecule has 0 aromatic heterocycles. The van der Waals surface area contributed by atoms with E-state index in [0.717, 1.165) is 16.3 Å². The van der Waals surface area contributed by atoms with Crippen LogP contribution in [0.25, 0.3) is 10.8 Å². The number of benzene rings is 2. The molecule has 4 heteroatoms. The number of rotatable bonds is 10. The standard InChI is InChI=1S/C26H40O3Si/c1-17(2)30(18(3)4,19(5)6)29-20(7)16-25(27)21(8)26(28)24-15-11-13-22-12-9-10-14-23(22)24/h9-15,17-21,26,28H,16H2,1-8H3/t20-,21-,26-/m1/s1. The van der Waals surface area contributed by atoms with E-state index in [0.29, 0.717) is 23.0 Å². The van der Waals surface area contributed by atoms with E-state index in [1.807, 2.05) is 56.3 Å². The lowest BCUT2D eigenvalue weighted by atomic mass is 9.89. The van der Waals surface area contributed by atoms with Gasteiger partial charge in [-0.15, -0.1) is 0 Å². The molecule has 0 spiro atoms. The lowest BCUT2D eigenvalue weighted by Crippen LogP contribution is -2.50. The summed E-state index contributed by atoms with van der Waals surface area (Å²) < 4.78 is 6.74. The van der Waals surface area contributed by atoms with Crippen LogP contribution in [-0.2, 0) is 9.22 Å². The van der Waals surface area contributed by atoms with Crippen LogP contribution in [-0.4, -0.2) is 25.3 Å². The Morgan fingerprint density at radius 3 is 1.97 bits per heavy atom. The van der Waals surface area contributed by atoms with Crippen molar-refractivity contribution in [2.45, 2.75) is 90.6 Å². The third-order valence-electron chi connectivity index (χ3n) is 6.72. The van der Waals surface area contributed by atoms with Crippen molar-refractivity contribution in [3.63, 3.8) is 0 Å². The summed E-state index contributed by atoms with van der Waals surface area (Å²) in [6, 6.07) is 13.9. The van der Waals surface area contributed by atoms with Gasteiger partial charge in [0.25, 0.3) is 0 Å². The first kappa shape index (κ1) is 24.8. The van der Waals surface area contributed by atoms with Crippen LogP contribution in [0.5, 0.6) is 0 Å². The summed E-state index contributed by atoms with van der Waals surface area (Å²) >= 11 is 0. The molecule has 0 aliphatic heterocycles. The monoisotopic (exact) mass is 428 g/mol. The Bertz CT molecular complexity index is 816. The number of Topliss-reactive ketones (excluding diaryl/α,β-unsaturated/α-hetero) is 1. The summed E-state index contributed by atoms with van der Waals surface area (Å²) in [5.74, 6) is -0.419. The van der Waals surface area contributed by atoms with E-state index in [1.165, 1.54) is 0 Å². The third kappa shape index (κ3) is 5.04. The van der Waals surface area contributed by atoms with Crippen molar-refractivity contribution in [3.05, 3.63) is 48.0 Å². The second-order valence-electron chi connectivity index (χ2n) is 9.72. The molecule has 0 radical (unpaired) electrons. The van der Waals surface area contributed by atoms with Gasteiger partial charge in [0.05, 0.1) is 6.10 Å². The first-order valence-corrected chi connectivity index (χ1v) is 13.5. The van der Waals surface area contributed by atoms with Gasteiger partial charge in [-0.2, -0.15) is 0 Å². The van der Waals surface area contributed by atoms with E-state index in [-0.39, 0.29) is 11.9 Å². The second kappa shape index (κ2) is 10.2. The maximum Gasteiger partial charge on any atom is 0.200 e. The van der Waals surface area contributed by atoms with E-state index in [9.17, 15) is 9.90 Å². The second-order valence-corrected chi connectivity index (χ2v) is 15.1. The summed E-state index contributed by atoms with van der Waals surface area (Å²) in [4.78, 5) is 13.1. The highest BCUT2D eigenvalue weighted by Crippen LogP contribution is 2.43. The Morgan fingerprint density at radius 2 is 1.40 bits per heavy atom. The summed E-state index contributed by atoms with van der Waals surface area (Å²) in [6.07, 6.45) is -0.624. The maximum absolute atomic E-state index is 13.1. The number of fused-ring (bicyclic) bond motifs is 1. The molecule has 30 heavy (non-hydrogen) atoms. The minimum Gasteiger partial charge on any atom is -0.413 e. The van der Waals surface area contributed by atoms with Crippen molar-refractivity contribution in [2.24, 2.45) is 5.92 Å². The fourth-order valence-corrected chi connectivity index (χ4v) is 10.8. The van der Waals surface area contributed by atoms with Crippen molar-refractivity contribution in [1.82, 2.24) is 0 Å². The minimum absolute atomic E-state index is 0.0575. The Kier molecular flexibility index (Phi) is 8.43. The molecule has 3 nitrogen and oxygen atoms in total. The molecule has 0 unspecified atom stereocenters. The van der Waals surface area contributed by atoms with Gasteiger partial charge in [0.1, 0.15) is 5.78 Å². The number of ketones is 1. The first-order chi connectivity index (χ1) is 14.0. The van der Waals surface area contributed by atoms with Gasteiger partial charge in [-0.3, -0.25) is 4.79 Å². The minimum atomic E-state index is -2.03. The molecule has 0 bridgehead atoms. The molecule has 0 saturated heterocycles. The molecule has 0 amide bonds. The molecule has 0 fully saturated rings. The lowest BCUT2D eigenvalue weighted by molar-refractivity contribution is -0.127. The summed E-state index contributed by atoms with van der Waals surface area (Å²) in [5, 5.41) is 13.1. The molecule has 166 valence electrons. The molecular weight excluding hydrogens is 388 g/mol. The van der Waals surface area contributed by atoms with E-state index in [2.05, 4.69) is 41.5 Å². The van der Waals surface area contributed by atoms with Crippen LogP contribution >= 0.6 is 0 Å². The van der Waals surface area contributed by atoms with Crippen LogP contribution in [0.2, 0.25) is 16.6 Å². The van der Waals surface area contributed by atoms with Crippen LogP contribution in [0.4, 0.5) is 0 Å². The molecule has 2 aromatic carbocycles. The van der Waals surface area contributed by atoms with Crippen molar-refractivity contribution in [3.8, 4) is 0 Å². The van der Waals surface area contributed by atoms with Gasteiger partial charge in [-0.25, -0.2) is 0 Å². The normalized spacial score (nSPS) is 15.7. The zero-order valence-corrected chi connectivity index (χ0v) is 21.0. The van der Waals surface area contributed by atoms with Gasteiger partial charge in [-0.1, -0.05) is 90.9 Å². The van der Waals surface area contributed by atoms with Crippen LogP contribution in [0.3, 0.4) is 0 Å². The zero-order valence-electron chi connectivity index (χ0n) is 20.0. The maximum atomic E-state index is 13.1. The quantitative estimate of drug-likeness (QED) is 0.412. The highest BCUT2D eigenvalue weighted by molar-refractivity contribution is 6.77. The number of aliphatic hydroxyl groups is 1. The van der Waals surface area contributed by atoms with E-state index in [1.54, 1.807) is 0 Å². The Balaban J connectivity index is 2.16. The molecule has 2 rings (SSSR count). The average molecular weight is 429 g/mol. The molecule has 2 aromatic rings. The van der Waals surface area contributed by atoms with Gasteiger partial charge in [0.15, 0.2) is 0 Å². The van der Waals surface area contributed by atoms with Crippen molar-refractivity contribution in [1.29, 1.82) is 0 Å². The molecular formula is C26H40O3Si. The van der Waals surface area contributed by atoms with Crippen molar-refractivity contribution >= 4 is 24.9 Å². The third-order valence-corrected chi connectivity index (χ3v) is 12.9. The molecule has 0 saturated carbocycles. The van der Waals surface area contributed by atoms with Crippen LogP contribution in [0, 0.1) is 5.92 Å². The fourth-order valence-electron chi connectivity index (χ4n) is 5.22. The summed E-state index contributed by atoms with van der Waals surface area (Å²) in [7, 11) is -2.03. The number of aliphatic hydroxyl groups excluding tert-OH is 1. The van der Waals surface area contributed by atoms with Gasteiger partial charge >= 0.3 is 0 Å². The number of carbonyl (C=O) groups is 1. The van der Waals surface area contributed by atoms with Crippen molar-refractivity contribution in [2.75, 3.05) is 0 Å². The molecule has 0 heterocycles. The molecule has 0 aliphatic carbocycles. The lowest BCUT2D eigenvalue weighted by Gasteiger charge is -2.44. The van der Waals surface area contributed by atoms with Gasteiger partial charge in [-0.05, 0) is 39.9 Å². The Morgan fingerprint density at radius 1 is 0.867 bits per heavy atom. The largest absolute Gasteiger partial charge is 0.413 e.